The maximum atomic E-state index is 3.65. The van der Waals surface area contributed by atoms with Crippen molar-refractivity contribution in [2.24, 2.45) is 0 Å². The molecule has 0 aliphatic heterocycles. The topological polar surface area (TPSA) is 3.24 Å². The molecule has 102 valence electrons. The molecule has 0 atom stereocenters. The van der Waals surface area contributed by atoms with Gasteiger partial charge in [0.25, 0.3) is 0 Å². The van der Waals surface area contributed by atoms with E-state index in [1.165, 1.54) is 0 Å². The van der Waals surface area contributed by atoms with Crippen molar-refractivity contribution in [2.75, 3.05) is 4.90 Å². The van der Waals surface area contributed by atoms with E-state index in [2.05, 4.69) is 87.6 Å². The third kappa shape index (κ3) is 3.67. The Bertz CT molecular complexity index is 646. The first-order chi connectivity index (χ1) is 9.86. The minimum Gasteiger partial charge on any atom is -0.309 e. The molecule has 0 N–H and O–H groups in total. The number of hydrogen-bond acceptors (Lipinski definition) is 1. The molecule has 0 aliphatic carbocycles. The Hall–Kier alpha value is -1.29. The Kier molecular flexibility index (Phi) is 5.85. The zero-order valence-electron chi connectivity index (χ0n) is 10.9. The van der Waals surface area contributed by atoms with E-state index in [1.54, 1.807) is 0 Å². The molecule has 0 saturated heterocycles. The molecule has 0 bridgehead atoms. The summed E-state index contributed by atoms with van der Waals surface area (Å²) in [5, 5.41) is 0. The zero-order chi connectivity index (χ0) is 13.8. The summed E-state index contributed by atoms with van der Waals surface area (Å²) in [6.07, 6.45) is 0. The van der Waals surface area contributed by atoms with Crippen LogP contribution in [0.15, 0.2) is 89.4 Å². The molecule has 3 rings (SSSR count). The predicted octanol–water partition coefficient (Wildman–Crippen LogP) is 5.00. The van der Waals surface area contributed by atoms with Gasteiger partial charge in [-0.2, -0.15) is 0 Å². The first kappa shape index (κ1) is 16.1. The summed E-state index contributed by atoms with van der Waals surface area (Å²) >= 11 is 3.65. The molecule has 0 aromatic heterocycles. The standard InChI is InChI=1S/C18H14BrN.Mg.2H/c19-17-13-7-8-14-18(17)20(15-9-3-1-4-10-15)16-11-5-2-6-12-16;;;/h1-14H;;;. The van der Waals surface area contributed by atoms with Crippen LogP contribution in [0.25, 0.3) is 0 Å². The van der Waals surface area contributed by atoms with Gasteiger partial charge in [0.1, 0.15) is 0 Å². The lowest BCUT2D eigenvalue weighted by Crippen LogP contribution is -2.10. The average Bonchev–Trinajstić information content (AvgIpc) is 2.52. The minimum absolute atomic E-state index is 0. The van der Waals surface area contributed by atoms with E-state index in [0.717, 1.165) is 21.5 Å². The van der Waals surface area contributed by atoms with Crippen molar-refractivity contribution in [3.63, 3.8) is 0 Å². The normalized spacial score (nSPS) is 9.76. The van der Waals surface area contributed by atoms with Gasteiger partial charge in [-0.3, -0.25) is 0 Å². The fourth-order valence-corrected chi connectivity index (χ4v) is 2.68. The molecule has 0 heterocycles. The summed E-state index contributed by atoms with van der Waals surface area (Å²) in [6.45, 7) is 0. The summed E-state index contributed by atoms with van der Waals surface area (Å²) in [5.74, 6) is 0. The highest BCUT2D eigenvalue weighted by Gasteiger charge is 2.13. The van der Waals surface area contributed by atoms with Crippen LogP contribution in [0.2, 0.25) is 0 Å². The molecule has 0 fully saturated rings. The van der Waals surface area contributed by atoms with Crippen LogP contribution in [0, 0.1) is 0 Å². The Balaban J connectivity index is 0.00000161. The number of halogens is 1. The number of para-hydroxylation sites is 3. The van der Waals surface area contributed by atoms with Gasteiger partial charge >= 0.3 is 23.1 Å². The lowest BCUT2D eigenvalue weighted by atomic mass is 10.2. The Labute approximate surface area is 149 Å². The van der Waals surface area contributed by atoms with E-state index < -0.39 is 0 Å². The number of nitrogens with zero attached hydrogens (tertiary/aromatic N) is 1. The van der Waals surface area contributed by atoms with Gasteiger partial charge < -0.3 is 4.90 Å². The third-order valence-corrected chi connectivity index (χ3v) is 3.79. The molecule has 0 unspecified atom stereocenters. The molecule has 3 aromatic rings. The zero-order valence-corrected chi connectivity index (χ0v) is 12.5. The first-order valence-electron chi connectivity index (χ1n) is 6.51. The van der Waals surface area contributed by atoms with Crippen LogP contribution in [0.3, 0.4) is 0 Å². The lowest BCUT2D eigenvalue weighted by Gasteiger charge is -2.26. The molecule has 0 radical (unpaired) electrons. The van der Waals surface area contributed by atoms with E-state index >= 15 is 0 Å². The SMILES string of the molecule is Brc1ccccc1N(c1ccccc1)c1ccccc1.[MgH2]. The lowest BCUT2D eigenvalue weighted by molar-refractivity contribution is 1.27. The Morgan fingerprint density at radius 2 is 1.00 bits per heavy atom. The van der Waals surface area contributed by atoms with Gasteiger partial charge in [0, 0.05) is 15.8 Å². The summed E-state index contributed by atoms with van der Waals surface area (Å²) < 4.78 is 1.08. The summed E-state index contributed by atoms with van der Waals surface area (Å²) in [4.78, 5) is 2.24. The first-order valence-corrected chi connectivity index (χ1v) is 7.30. The van der Waals surface area contributed by atoms with Crippen molar-refractivity contribution in [1.29, 1.82) is 0 Å². The summed E-state index contributed by atoms with van der Waals surface area (Å²) in [5.41, 5.74) is 3.42. The Morgan fingerprint density at radius 3 is 1.48 bits per heavy atom. The van der Waals surface area contributed by atoms with Crippen LogP contribution in [0.4, 0.5) is 17.1 Å². The molecule has 1 nitrogen and oxygen atoms in total. The molecule has 0 saturated carbocycles. The van der Waals surface area contributed by atoms with Crippen LogP contribution >= 0.6 is 15.9 Å². The van der Waals surface area contributed by atoms with Crippen molar-refractivity contribution >= 4 is 56.0 Å². The predicted molar refractivity (Wildman–Crippen MR) is 97.4 cm³/mol. The summed E-state index contributed by atoms with van der Waals surface area (Å²) in [6, 6.07) is 29.0. The highest BCUT2D eigenvalue weighted by Crippen LogP contribution is 2.38. The van der Waals surface area contributed by atoms with Gasteiger partial charge in [-0.05, 0) is 52.3 Å². The molecule has 0 spiro atoms. The van der Waals surface area contributed by atoms with Gasteiger partial charge in [0.15, 0.2) is 0 Å². The van der Waals surface area contributed by atoms with Crippen LogP contribution in [-0.2, 0) is 0 Å². The van der Waals surface area contributed by atoms with Crippen LogP contribution < -0.4 is 4.90 Å². The van der Waals surface area contributed by atoms with Crippen LogP contribution in [0.5, 0.6) is 0 Å². The largest absolute Gasteiger partial charge is 0.316 e. The third-order valence-electron chi connectivity index (χ3n) is 3.12. The molecule has 21 heavy (non-hydrogen) atoms. The number of anilines is 3. The second kappa shape index (κ2) is 7.64. The second-order valence-corrected chi connectivity index (χ2v) is 5.31. The highest BCUT2D eigenvalue weighted by molar-refractivity contribution is 9.10. The van der Waals surface area contributed by atoms with Crippen LogP contribution in [-0.4, -0.2) is 23.1 Å². The molecular formula is C18H16BrMgN. The van der Waals surface area contributed by atoms with Gasteiger partial charge in [-0.25, -0.2) is 0 Å². The van der Waals surface area contributed by atoms with Crippen molar-refractivity contribution in [1.82, 2.24) is 0 Å². The molecule has 3 heteroatoms. The summed E-state index contributed by atoms with van der Waals surface area (Å²) in [7, 11) is 0. The van der Waals surface area contributed by atoms with E-state index in [1.807, 2.05) is 18.2 Å². The van der Waals surface area contributed by atoms with Gasteiger partial charge in [0.05, 0.1) is 5.69 Å². The van der Waals surface area contributed by atoms with E-state index in [4.69, 9.17) is 0 Å². The second-order valence-electron chi connectivity index (χ2n) is 4.46. The van der Waals surface area contributed by atoms with Crippen molar-refractivity contribution in [2.45, 2.75) is 0 Å². The maximum Gasteiger partial charge on any atom is 0.316 e. The number of rotatable bonds is 3. The fourth-order valence-electron chi connectivity index (χ4n) is 2.21. The molecule has 0 amide bonds. The molecule has 0 aliphatic rings. The van der Waals surface area contributed by atoms with E-state index in [-0.39, 0.29) is 23.1 Å². The van der Waals surface area contributed by atoms with Crippen LogP contribution in [0.1, 0.15) is 0 Å². The van der Waals surface area contributed by atoms with Crippen molar-refractivity contribution < 1.29 is 0 Å². The fraction of sp³-hybridized carbons (Fsp3) is 0. The Morgan fingerprint density at radius 1 is 0.571 bits per heavy atom. The van der Waals surface area contributed by atoms with E-state index in [0.29, 0.717) is 0 Å². The molecule has 3 aromatic carbocycles. The monoisotopic (exact) mass is 349 g/mol. The quantitative estimate of drug-likeness (QED) is 0.601. The smallest absolute Gasteiger partial charge is 0.309 e. The minimum atomic E-state index is 0. The van der Waals surface area contributed by atoms with Gasteiger partial charge in [-0.1, -0.05) is 48.5 Å². The average molecular weight is 351 g/mol. The van der Waals surface area contributed by atoms with Crippen molar-refractivity contribution in [3.05, 3.63) is 89.4 Å². The van der Waals surface area contributed by atoms with Crippen molar-refractivity contribution in [3.8, 4) is 0 Å². The number of benzene rings is 3. The van der Waals surface area contributed by atoms with Gasteiger partial charge in [-0.15, -0.1) is 0 Å². The van der Waals surface area contributed by atoms with E-state index in [9.17, 15) is 0 Å². The maximum absolute atomic E-state index is 3.65. The highest BCUT2D eigenvalue weighted by atomic mass is 79.9. The molecular weight excluding hydrogens is 334 g/mol. The number of hydrogen-bond donors (Lipinski definition) is 0. The van der Waals surface area contributed by atoms with Gasteiger partial charge in [0.2, 0.25) is 0 Å².